The molecule has 1 nitrogen and oxygen atoms in total. The average Bonchev–Trinajstić information content (AvgIpc) is 3.70. The van der Waals surface area contributed by atoms with Crippen molar-refractivity contribution in [3.63, 3.8) is 0 Å². The van der Waals surface area contributed by atoms with Crippen LogP contribution in [0.2, 0.25) is 0 Å². The van der Waals surface area contributed by atoms with Gasteiger partial charge in [0.1, 0.15) is 0 Å². The summed E-state index contributed by atoms with van der Waals surface area (Å²) in [5, 5.41) is 4.98. The van der Waals surface area contributed by atoms with E-state index in [0.717, 1.165) is 5.69 Å². The Morgan fingerprint density at radius 2 is 1.00 bits per heavy atom. The van der Waals surface area contributed by atoms with Crippen molar-refractivity contribution in [3.05, 3.63) is 233 Å². The van der Waals surface area contributed by atoms with Gasteiger partial charge in [-0.25, -0.2) is 0 Å². The highest BCUT2D eigenvalue weighted by Crippen LogP contribution is 2.58. The van der Waals surface area contributed by atoms with Gasteiger partial charge in [0.2, 0.25) is 0 Å². The SMILES string of the molecule is CC(C)(C)c1ccc2c(c1)-c1cccc(N(c3cccc(C4(c5ccccc5)c5ccccc5-c5ccccc54)c3)c3cc4ccccc4c4ccccc34)c1C2(C)C. The van der Waals surface area contributed by atoms with E-state index in [1.165, 1.54) is 94.1 Å². The van der Waals surface area contributed by atoms with Gasteiger partial charge in [-0.2, -0.15) is 0 Å². The van der Waals surface area contributed by atoms with E-state index in [1.807, 2.05) is 0 Å². The van der Waals surface area contributed by atoms with Crippen LogP contribution in [-0.4, -0.2) is 0 Å². The van der Waals surface area contributed by atoms with Gasteiger partial charge in [-0.3, -0.25) is 0 Å². The molecule has 1 heteroatoms. The normalized spacial score (nSPS) is 14.5. The molecule has 2 aliphatic rings. The maximum atomic E-state index is 2.58. The van der Waals surface area contributed by atoms with E-state index in [9.17, 15) is 0 Å². The van der Waals surface area contributed by atoms with E-state index in [1.54, 1.807) is 0 Å². The predicted octanol–water partition coefficient (Wildman–Crippen LogP) is 15.4. The molecule has 2 aliphatic carbocycles. The largest absolute Gasteiger partial charge is 0.310 e. The molecular formula is C58H47N. The van der Waals surface area contributed by atoms with Crippen molar-refractivity contribution in [1.82, 2.24) is 0 Å². The Balaban J connectivity index is 1.23. The van der Waals surface area contributed by atoms with Gasteiger partial charge in [0.25, 0.3) is 0 Å². The smallest absolute Gasteiger partial charge is 0.0714 e. The van der Waals surface area contributed by atoms with E-state index in [2.05, 4.69) is 234 Å². The van der Waals surface area contributed by atoms with Crippen LogP contribution in [0.5, 0.6) is 0 Å². The highest BCUT2D eigenvalue weighted by molar-refractivity contribution is 6.15. The monoisotopic (exact) mass is 757 g/mol. The molecule has 0 N–H and O–H groups in total. The number of hydrogen-bond donors (Lipinski definition) is 0. The zero-order valence-electron chi connectivity index (χ0n) is 34.4. The number of hydrogen-bond acceptors (Lipinski definition) is 1. The number of rotatable bonds is 5. The van der Waals surface area contributed by atoms with Crippen molar-refractivity contribution in [1.29, 1.82) is 0 Å². The quantitative estimate of drug-likeness (QED) is 0.158. The zero-order valence-corrected chi connectivity index (χ0v) is 34.4. The van der Waals surface area contributed by atoms with E-state index in [-0.39, 0.29) is 10.8 Å². The summed E-state index contributed by atoms with van der Waals surface area (Å²) in [5.41, 5.74) is 17.3. The fourth-order valence-corrected chi connectivity index (χ4v) is 10.7. The first-order chi connectivity index (χ1) is 28.7. The number of fused-ring (bicyclic) bond motifs is 9. The third kappa shape index (κ3) is 5.10. The Hall–Kier alpha value is -6.70. The van der Waals surface area contributed by atoms with Crippen molar-refractivity contribution in [2.75, 3.05) is 4.90 Å². The fraction of sp³-hybridized carbons (Fsp3) is 0.138. The second kappa shape index (κ2) is 12.9. The molecule has 9 aromatic rings. The van der Waals surface area contributed by atoms with Gasteiger partial charge in [0, 0.05) is 16.5 Å². The van der Waals surface area contributed by atoms with Crippen LogP contribution in [-0.2, 0) is 16.2 Å². The molecule has 0 radical (unpaired) electrons. The summed E-state index contributed by atoms with van der Waals surface area (Å²) in [4.78, 5) is 2.58. The van der Waals surface area contributed by atoms with Crippen molar-refractivity contribution < 1.29 is 0 Å². The van der Waals surface area contributed by atoms with E-state index < -0.39 is 5.41 Å². The fourth-order valence-electron chi connectivity index (χ4n) is 10.7. The van der Waals surface area contributed by atoms with Crippen molar-refractivity contribution in [2.45, 2.75) is 50.9 Å². The maximum Gasteiger partial charge on any atom is 0.0714 e. The second-order valence-corrected chi connectivity index (χ2v) is 18.1. The summed E-state index contributed by atoms with van der Waals surface area (Å²) in [5.74, 6) is 0. The Morgan fingerprint density at radius 1 is 0.407 bits per heavy atom. The molecule has 0 atom stereocenters. The molecule has 0 fully saturated rings. The Kier molecular flexibility index (Phi) is 7.75. The van der Waals surface area contributed by atoms with Crippen LogP contribution in [0, 0.1) is 0 Å². The van der Waals surface area contributed by atoms with Gasteiger partial charge in [0.05, 0.1) is 16.8 Å². The lowest BCUT2D eigenvalue weighted by Gasteiger charge is -2.36. The van der Waals surface area contributed by atoms with Crippen molar-refractivity contribution >= 4 is 38.6 Å². The Labute approximate surface area is 348 Å². The average molecular weight is 758 g/mol. The van der Waals surface area contributed by atoms with Crippen LogP contribution in [0.1, 0.15) is 73.6 Å². The lowest BCUT2D eigenvalue weighted by Crippen LogP contribution is -2.29. The molecule has 11 rings (SSSR count). The summed E-state index contributed by atoms with van der Waals surface area (Å²) in [6.07, 6.45) is 0. The van der Waals surface area contributed by atoms with Crippen molar-refractivity contribution in [3.8, 4) is 22.3 Å². The van der Waals surface area contributed by atoms with Gasteiger partial charge in [-0.15, -0.1) is 0 Å². The molecule has 0 bridgehead atoms. The summed E-state index contributed by atoms with van der Waals surface area (Å²) < 4.78 is 0. The molecule has 0 saturated carbocycles. The van der Waals surface area contributed by atoms with E-state index in [4.69, 9.17) is 0 Å². The van der Waals surface area contributed by atoms with Gasteiger partial charge >= 0.3 is 0 Å². The van der Waals surface area contributed by atoms with Crippen LogP contribution >= 0.6 is 0 Å². The topological polar surface area (TPSA) is 3.24 Å². The second-order valence-electron chi connectivity index (χ2n) is 18.1. The molecule has 9 aromatic carbocycles. The molecular weight excluding hydrogens is 711 g/mol. The zero-order chi connectivity index (χ0) is 40.1. The first kappa shape index (κ1) is 35.5. The summed E-state index contributed by atoms with van der Waals surface area (Å²) >= 11 is 0. The van der Waals surface area contributed by atoms with Crippen LogP contribution in [0.15, 0.2) is 194 Å². The predicted molar refractivity (Wildman–Crippen MR) is 250 cm³/mol. The van der Waals surface area contributed by atoms with Crippen LogP contribution in [0.4, 0.5) is 17.1 Å². The van der Waals surface area contributed by atoms with Crippen LogP contribution in [0.25, 0.3) is 43.8 Å². The molecule has 0 saturated heterocycles. The molecule has 0 aromatic heterocycles. The van der Waals surface area contributed by atoms with Gasteiger partial charge in [-0.1, -0.05) is 204 Å². The minimum Gasteiger partial charge on any atom is -0.310 e. The highest BCUT2D eigenvalue weighted by atomic mass is 15.1. The molecule has 0 amide bonds. The lowest BCUT2D eigenvalue weighted by molar-refractivity contribution is 0.589. The maximum absolute atomic E-state index is 2.58. The number of anilines is 3. The van der Waals surface area contributed by atoms with E-state index >= 15 is 0 Å². The minimum absolute atomic E-state index is 0.0439. The molecule has 0 aliphatic heterocycles. The van der Waals surface area contributed by atoms with Crippen molar-refractivity contribution in [2.24, 2.45) is 0 Å². The Bertz CT molecular complexity index is 3080. The third-order valence-electron chi connectivity index (χ3n) is 13.4. The lowest BCUT2D eigenvalue weighted by atomic mass is 9.67. The highest BCUT2D eigenvalue weighted by Gasteiger charge is 2.46. The summed E-state index contributed by atoms with van der Waals surface area (Å²) in [6.45, 7) is 11.8. The summed E-state index contributed by atoms with van der Waals surface area (Å²) in [7, 11) is 0. The Morgan fingerprint density at radius 3 is 1.73 bits per heavy atom. The summed E-state index contributed by atoms with van der Waals surface area (Å²) in [6, 6.07) is 73.1. The van der Waals surface area contributed by atoms with Gasteiger partial charge < -0.3 is 4.90 Å². The first-order valence-electron chi connectivity index (χ1n) is 21.0. The molecule has 0 spiro atoms. The first-order valence-corrected chi connectivity index (χ1v) is 21.0. The number of nitrogens with zero attached hydrogens (tertiary/aromatic N) is 1. The minimum atomic E-state index is -0.515. The van der Waals surface area contributed by atoms with Gasteiger partial charge in [0.15, 0.2) is 0 Å². The molecule has 284 valence electrons. The standard InChI is InChI=1S/C58H47N/c1-56(2,3)40-33-34-50-49(37-40)48-29-18-32-53(55(48)57(50,4)5)59(54-35-38-19-9-10-24-43(38)44-25-11-12-28-47(44)54)42-23-17-22-41(36-42)58(39-20-7-6-8-21-39)51-30-15-13-26-45(51)46-27-14-16-31-52(46)58/h6-37H,1-5H3. The number of benzene rings is 9. The molecule has 59 heavy (non-hydrogen) atoms. The van der Waals surface area contributed by atoms with Crippen LogP contribution < -0.4 is 4.90 Å². The van der Waals surface area contributed by atoms with Crippen LogP contribution in [0.3, 0.4) is 0 Å². The van der Waals surface area contributed by atoms with E-state index in [0.29, 0.717) is 0 Å². The third-order valence-corrected chi connectivity index (χ3v) is 13.4. The van der Waals surface area contributed by atoms with Gasteiger partial charge in [-0.05, 0) is 107 Å². The molecule has 0 unspecified atom stereocenters. The molecule has 0 heterocycles.